The molecule has 0 unspecified atom stereocenters. The van der Waals surface area contributed by atoms with Crippen LogP contribution in [0, 0.1) is 6.92 Å². The van der Waals surface area contributed by atoms with Gasteiger partial charge in [0.2, 0.25) is 17.3 Å². The molecule has 0 spiro atoms. The van der Waals surface area contributed by atoms with Crippen LogP contribution in [0.2, 0.25) is 0 Å². The lowest BCUT2D eigenvalue weighted by atomic mass is 10.1. The van der Waals surface area contributed by atoms with Gasteiger partial charge in [0.05, 0.1) is 28.5 Å². The van der Waals surface area contributed by atoms with Gasteiger partial charge in [-0.2, -0.15) is 18.3 Å². The number of nitrogens with one attached hydrogen (secondary N) is 1. The Morgan fingerprint density at radius 2 is 1.85 bits per heavy atom. The predicted molar refractivity (Wildman–Crippen MR) is 119 cm³/mol. The van der Waals surface area contributed by atoms with Gasteiger partial charge in [0.25, 0.3) is 0 Å². The highest BCUT2D eigenvalue weighted by Gasteiger charge is 2.31. The number of benzene rings is 2. The highest BCUT2D eigenvalue weighted by Crippen LogP contribution is 2.31. The van der Waals surface area contributed by atoms with Crippen LogP contribution in [0.5, 0.6) is 0 Å². The number of aromatic nitrogens is 4. The lowest BCUT2D eigenvalue weighted by molar-refractivity contribution is -0.137. The minimum Gasteiger partial charge on any atom is -0.313 e. The minimum atomic E-state index is -4.55. The van der Waals surface area contributed by atoms with Gasteiger partial charge in [0, 0.05) is 18.5 Å². The summed E-state index contributed by atoms with van der Waals surface area (Å²) in [5.74, 6) is -0.184. The van der Waals surface area contributed by atoms with Crippen molar-refractivity contribution >= 4 is 33.8 Å². The Kier molecular flexibility index (Phi) is 5.47. The molecule has 0 aliphatic heterocycles. The zero-order valence-electron chi connectivity index (χ0n) is 18.5. The van der Waals surface area contributed by atoms with Crippen LogP contribution in [0.3, 0.4) is 0 Å². The van der Waals surface area contributed by atoms with Crippen molar-refractivity contribution in [1.29, 1.82) is 0 Å². The first-order valence-corrected chi connectivity index (χ1v) is 10.3. The van der Waals surface area contributed by atoms with Crippen LogP contribution < -0.4 is 10.7 Å². The van der Waals surface area contributed by atoms with Gasteiger partial charge in [0.1, 0.15) is 5.69 Å². The van der Waals surface area contributed by atoms with E-state index in [0.29, 0.717) is 5.95 Å². The van der Waals surface area contributed by atoms with E-state index in [-0.39, 0.29) is 29.1 Å². The average Bonchev–Trinajstić information content (AvgIpc) is 3.03. The molecule has 10 heteroatoms. The van der Waals surface area contributed by atoms with E-state index in [1.807, 2.05) is 25.1 Å². The second-order valence-electron chi connectivity index (χ2n) is 8.26. The minimum absolute atomic E-state index is 0.0527. The Bertz CT molecular complexity index is 1450. The molecule has 0 saturated heterocycles. The van der Waals surface area contributed by atoms with Gasteiger partial charge in [-0.25, -0.2) is 4.98 Å². The van der Waals surface area contributed by atoms with E-state index in [9.17, 15) is 22.8 Å². The van der Waals surface area contributed by atoms with Gasteiger partial charge < -0.3 is 4.57 Å². The maximum atomic E-state index is 13.2. The van der Waals surface area contributed by atoms with Crippen molar-refractivity contribution in [2.75, 3.05) is 5.32 Å². The highest BCUT2D eigenvalue weighted by molar-refractivity contribution is 5.93. The second kappa shape index (κ2) is 8.02. The first-order valence-electron chi connectivity index (χ1n) is 10.3. The van der Waals surface area contributed by atoms with Crippen molar-refractivity contribution in [3.63, 3.8) is 0 Å². The molecule has 2 aromatic heterocycles. The van der Waals surface area contributed by atoms with E-state index in [1.54, 1.807) is 25.5 Å². The molecule has 7 nitrogen and oxygen atoms in total. The van der Waals surface area contributed by atoms with Crippen LogP contribution in [0.15, 0.2) is 41.2 Å². The summed E-state index contributed by atoms with van der Waals surface area (Å²) in [6.07, 6.45) is -4.89. The number of anilines is 1. The molecule has 0 aliphatic carbocycles. The number of halogens is 3. The summed E-state index contributed by atoms with van der Waals surface area (Å²) in [5.41, 5.74) is 1.16. The number of carbonyl (C=O) groups excluding carboxylic acids is 1. The normalized spacial score (nSPS) is 12.1. The first-order chi connectivity index (χ1) is 15.5. The van der Waals surface area contributed by atoms with Crippen LogP contribution in [0.4, 0.5) is 19.1 Å². The van der Waals surface area contributed by atoms with E-state index in [1.165, 1.54) is 4.68 Å². The molecule has 1 N–H and O–H groups in total. The molecule has 1 amide bonds. The fourth-order valence-corrected chi connectivity index (χ4v) is 3.73. The average molecular weight is 457 g/mol. The first kappa shape index (κ1) is 22.5. The lowest BCUT2D eigenvalue weighted by Gasteiger charge is -2.16. The third kappa shape index (κ3) is 4.20. The van der Waals surface area contributed by atoms with Crippen molar-refractivity contribution in [2.24, 2.45) is 7.05 Å². The molecule has 2 heterocycles. The number of aryl methyl sites for hydroxylation is 2. The summed E-state index contributed by atoms with van der Waals surface area (Å²) in [6.45, 7) is 5.42. The molecular formula is C23H22F3N5O2. The van der Waals surface area contributed by atoms with E-state index in [2.05, 4.69) is 15.4 Å². The van der Waals surface area contributed by atoms with E-state index >= 15 is 0 Å². The molecule has 4 rings (SSSR count). The summed E-state index contributed by atoms with van der Waals surface area (Å²) in [7, 11) is 1.76. The Hall–Kier alpha value is -3.69. The highest BCUT2D eigenvalue weighted by atomic mass is 19.4. The predicted octanol–water partition coefficient (Wildman–Crippen LogP) is 4.37. The number of imidazole rings is 1. The van der Waals surface area contributed by atoms with Crippen molar-refractivity contribution in [1.82, 2.24) is 19.3 Å². The van der Waals surface area contributed by atoms with E-state index in [0.717, 1.165) is 34.8 Å². The molecule has 33 heavy (non-hydrogen) atoms. The number of alkyl halides is 3. The SMILES string of the molecule is Cc1ccc2c(c1)nc(NC(=O)Cc1nn(C(C)C)c3cc(C(F)(F)F)ccc3c1=O)n2C. The zero-order valence-corrected chi connectivity index (χ0v) is 18.5. The number of rotatable bonds is 4. The molecule has 0 atom stereocenters. The quantitative estimate of drug-likeness (QED) is 0.493. The van der Waals surface area contributed by atoms with Gasteiger partial charge in [-0.3, -0.25) is 19.6 Å². The van der Waals surface area contributed by atoms with E-state index < -0.39 is 23.1 Å². The molecule has 0 aliphatic rings. The Morgan fingerprint density at radius 3 is 2.52 bits per heavy atom. The van der Waals surface area contributed by atoms with Crippen molar-refractivity contribution in [3.8, 4) is 0 Å². The summed E-state index contributed by atoms with van der Waals surface area (Å²) in [6, 6.07) is 8.31. The number of fused-ring (bicyclic) bond motifs is 2. The molecule has 0 saturated carbocycles. The van der Waals surface area contributed by atoms with E-state index in [4.69, 9.17) is 0 Å². The molecule has 2 aromatic carbocycles. The molecule has 0 bridgehead atoms. The molecular weight excluding hydrogens is 435 g/mol. The molecule has 0 radical (unpaired) electrons. The monoisotopic (exact) mass is 457 g/mol. The number of amides is 1. The maximum Gasteiger partial charge on any atom is 0.416 e. The number of nitrogens with zero attached hydrogens (tertiary/aromatic N) is 4. The van der Waals surface area contributed by atoms with Crippen LogP contribution >= 0.6 is 0 Å². The molecule has 0 fully saturated rings. The number of hydrogen-bond donors (Lipinski definition) is 1. The van der Waals surface area contributed by atoms with Crippen molar-refractivity contribution < 1.29 is 18.0 Å². The number of hydrogen-bond acceptors (Lipinski definition) is 4. The standard InChI is InChI=1S/C23H22F3N5O2/c1-12(2)31-19-10-14(23(24,25)26)6-7-15(19)21(33)17(29-31)11-20(32)28-22-27-16-9-13(3)5-8-18(16)30(22)4/h5-10,12H,11H2,1-4H3,(H,27,28,32). The van der Waals surface area contributed by atoms with Gasteiger partial charge in [-0.15, -0.1) is 0 Å². The summed E-state index contributed by atoms with van der Waals surface area (Å²) >= 11 is 0. The number of carbonyl (C=O) groups is 1. The van der Waals surface area contributed by atoms with Gasteiger partial charge >= 0.3 is 6.18 Å². The lowest BCUT2D eigenvalue weighted by Crippen LogP contribution is -2.26. The smallest absolute Gasteiger partial charge is 0.313 e. The third-order valence-corrected chi connectivity index (χ3v) is 5.41. The van der Waals surface area contributed by atoms with Gasteiger partial charge in [0.15, 0.2) is 0 Å². The summed E-state index contributed by atoms with van der Waals surface area (Å²) in [5, 5.41) is 7.00. The maximum absolute atomic E-state index is 13.2. The van der Waals surface area contributed by atoms with Crippen LogP contribution in [0.25, 0.3) is 21.9 Å². The molecule has 172 valence electrons. The second-order valence-corrected chi connectivity index (χ2v) is 8.26. The fourth-order valence-electron chi connectivity index (χ4n) is 3.73. The van der Waals surface area contributed by atoms with Crippen LogP contribution in [-0.2, 0) is 24.4 Å². The third-order valence-electron chi connectivity index (χ3n) is 5.41. The van der Waals surface area contributed by atoms with Crippen molar-refractivity contribution in [2.45, 2.75) is 39.4 Å². The summed E-state index contributed by atoms with van der Waals surface area (Å²) in [4.78, 5) is 30.1. The van der Waals surface area contributed by atoms with Crippen molar-refractivity contribution in [3.05, 3.63) is 63.4 Å². The topological polar surface area (TPSA) is 81.8 Å². The van der Waals surface area contributed by atoms with Gasteiger partial charge in [-0.05, 0) is 56.7 Å². The van der Waals surface area contributed by atoms with Gasteiger partial charge in [-0.1, -0.05) is 6.07 Å². The van der Waals surface area contributed by atoms with Crippen LogP contribution in [0.1, 0.15) is 36.7 Å². The Morgan fingerprint density at radius 1 is 1.12 bits per heavy atom. The summed E-state index contributed by atoms with van der Waals surface area (Å²) < 4.78 is 42.6. The zero-order chi connectivity index (χ0) is 24.1. The Labute approximate surface area is 186 Å². The molecule has 4 aromatic rings. The largest absolute Gasteiger partial charge is 0.416 e. The van der Waals surface area contributed by atoms with Crippen LogP contribution in [-0.4, -0.2) is 25.2 Å². The fraction of sp³-hybridized carbons (Fsp3) is 0.304. The Balaban J connectivity index is 1.70.